The van der Waals surface area contributed by atoms with Gasteiger partial charge in [0.05, 0.1) is 12.0 Å². The Hall–Kier alpha value is -0.830. The van der Waals surface area contributed by atoms with Gasteiger partial charge in [0.1, 0.15) is 0 Å². The number of rotatable bonds is 1. The SMILES string of the molecule is CC.CCN1CCn2cncc2C1. The van der Waals surface area contributed by atoms with Crippen LogP contribution in [0.2, 0.25) is 0 Å². The standard InChI is InChI=1S/C8H13N3.C2H6/c1-2-10-3-4-11-7-9-5-8(11)6-10;1-2/h5,7H,2-4,6H2,1H3;1-2H3. The largest absolute Gasteiger partial charge is 0.332 e. The molecule has 2 heterocycles. The van der Waals surface area contributed by atoms with E-state index in [9.17, 15) is 0 Å². The van der Waals surface area contributed by atoms with Crippen LogP contribution in [0.15, 0.2) is 12.5 Å². The summed E-state index contributed by atoms with van der Waals surface area (Å²) < 4.78 is 2.23. The first-order chi connectivity index (χ1) is 6.40. The molecule has 1 aliphatic heterocycles. The van der Waals surface area contributed by atoms with E-state index in [1.165, 1.54) is 12.2 Å². The van der Waals surface area contributed by atoms with Crippen LogP contribution >= 0.6 is 0 Å². The molecule has 1 aromatic rings. The topological polar surface area (TPSA) is 21.1 Å². The van der Waals surface area contributed by atoms with Gasteiger partial charge in [0.15, 0.2) is 0 Å². The van der Waals surface area contributed by atoms with E-state index in [1.807, 2.05) is 26.4 Å². The maximum atomic E-state index is 4.11. The van der Waals surface area contributed by atoms with Crippen LogP contribution in [-0.2, 0) is 13.1 Å². The number of imidazole rings is 1. The molecule has 0 bridgehead atoms. The molecule has 74 valence electrons. The van der Waals surface area contributed by atoms with Gasteiger partial charge in [0.2, 0.25) is 0 Å². The smallest absolute Gasteiger partial charge is 0.0949 e. The Morgan fingerprint density at radius 2 is 2.15 bits per heavy atom. The zero-order chi connectivity index (χ0) is 9.68. The maximum Gasteiger partial charge on any atom is 0.0949 e. The molecular formula is C10H19N3. The monoisotopic (exact) mass is 181 g/mol. The van der Waals surface area contributed by atoms with Gasteiger partial charge in [0.25, 0.3) is 0 Å². The molecule has 0 aliphatic carbocycles. The Bertz CT molecular complexity index is 242. The molecule has 0 spiro atoms. The minimum absolute atomic E-state index is 1.07. The fourth-order valence-electron chi connectivity index (χ4n) is 1.51. The van der Waals surface area contributed by atoms with Crippen LogP contribution in [0.25, 0.3) is 0 Å². The number of hydrogen-bond donors (Lipinski definition) is 0. The molecule has 3 nitrogen and oxygen atoms in total. The lowest BCUT2D eigenvalue weighted by Crippen LogP contribution is -2.32. The quantitative estimate of drug-likeness (QED) is 0.658. The van der Waals surface area contributed by atoms with Crippen molar-refractivity contribution in [2.75, 3.05) is 13.1 Å². The molecule has 3 heteroatoms. The molecule has 0 aromatic carbocycles. The minimum atomic E-state index is 1.07. The Balaban J connectivity index is 0.000000396. The molecule has 0 amide bonds. The summed E-state index contributed by atoms with van der Waals surface area (Å²) in [7, 11) is 0. The number of nitrogens with zero attached hydrogens (tertiary/aromatic N) is 3. The van der Waals surface area contributed by atoms with Crippen molar-refractivity contribution in [2.24, 2.45) is 0 Å². The summed E-state index contributed by atoms with van der Waals surface area (Å²) in [4.78, 5) is 6.54. The Morgan fingerprint density at radius 1 is 1.38 bits per heavy atom. The highest BCUT2D eigenvalue weighted by molar-refractivity contribution is 5.00. The van der Waals surface area contributed by atoms with E-state index in [4.69, 9.17) is 0 Å². The summed E-state index contributed by atoms with van der Waals surface area (Å²) in [5, 5.41) is 0. The average molecular weight is 181 g/mol. The summed E-state index contributed by atoms with van der Waals surface area (Å²) in [5.41, 5.74) is 1.35. The minimum Gasteiger partial charge on any atom is -0.332 e. The summed E-state index contributed by atoms with van der Waals surface area (Å²) >= 11 is 0. The van der Waals surface area contributed by atoms with Gasteiger partial charge in [-0.2, -0.15) is 0 Å². The first-order valence-corrected chi connectivity index (χ1v) is 5.11. The van der Waals surface area contributed by atoms with E-state index in [-0.39, 0.29) is 0 Å². The van der Waals surface area contributed by atoms with Crippen molar-refractivity contribution in [3.8, 4) is 0 Å². The second-order valence-electron chi connectivity index (χ2n) is 2.95. The highest BCUT2D eigenvalue weighted by Gasteiger charge is 2.13. The van der Waals surface area contributed by atoms with Crippen molar-refractivity contribution in [1.29, 1.82) is 0 Å². The molecule has 1 aliphatic rings. The van der Waals surface area contributed by atoms with Gasteiger partial charge in [0, 0.05) is 25.8 Å². The zero-order valence-corrected chi connectivity index (χ0v) is 8.82. The Labute approximate surface area is 80.4 Å². The summed E-state index contributed by atoms with van der Waals surface area (Å²) in [5.74, 6) is 0. The van der Waals surface area contributed by atoms with Crippen LogP contribution in [0, 0.1) is 0 Å². The number of fused-ring (bicyclic) bond motifs is 1. The molecule has 0 fully saturated rings. The first kappa shape index (κ1) is 10.3. The Kier molecular flexibility index (Phi) is 3.96. The van der Waals surface area contributed by atoms with Gasteiger partial charge in [-0.1, -0.05) is 20.8 Å². The van der Waals surface area contributed by atoms with Crippen LogP contribution in [0.5, 0.6) is 0 Å². The van der Waals surface area contributed by atoms with E-state index >= 15 is 0 Å². The van der Waals surface area contributed by atoms with Crippen molar-refractivity contribution in [1.82, 2.24) is 14.5 Å². The normalized spacial score (nSPS) is 15.9. The Morgan fingerprint density at radius 3 is 2.85 bits per heavy atom. The third kappa shape index (κ3) is 2.31. The fourth-order valence-corrected chi connectivity index (χ4v) is 1.51. The van der Waals surface area contributed by atoms with E-state index in [0.717, 1.165) is 19.6 Å². The van der Waals surface area contributed by atoms with Gasteiger partial charge >= 0.3 is 0 Å². The molecule has 0 atom stereocenters. The van der Waals surface area contributed by atoms with Crippen molar-refractivity contribution < 1.29 is 0 Å². The van der Waals surface area contributed by atoms with Gasteiger partial charge < -0.3 is 4.57 Å². The van der Waals surface area contributed by atoms with Gasteiger partial charge in [-0.05, 0) is 6.54 Å². The van der Waals surface area contributed by atoms with E-state index in [2.05, 4.69) is 21.4 Å². The molecule has 1 aromatic heterocycles. The molecule has 0 N–H and O–H groups in total. The lowest BCUT2D eigenvalue weighted by Gasteiger charge is -2.26. The lowest BCUT2D eigenvalue weighted by atomic mass is 10.3. The molecule has 0 saturated heterocycles. The first-order valence-electron chi connectivity index (χ1n) is 5.11. The van der Waals surface area contributed by atoms with E-state index in [1.54, 1.807) is 0 Å². The maximum absolute atomic E-state index is 4.11. The number of hydrogen-bond acceptors (Lipinski definition) is 2. The van der Waals surface area contributed by atoms with E-state index < -0.39 is 0 Å². The van der Waals surface area contributed by atoms with Crippen molar-refractivity contribution in [2.45, 2.75) is 33.9 Å². The second-order valence-corrected chi connectivity index (χ2v) is 2.95. The highest BCUT2D eigenvalue weighted by atomic mass is 15.2. The highest BCUT2D eigenvalue weighted by Crippen LogP contribution is 2.09. The summed E-state index contributed by atoms with van der Waals surface area (Å²) in [6.45, 7) is 10.7. The molecule has 0 radical (unpaired) electrons. The molecular weight excluding hydrogens is 162 g/mol. The number of likely N-dealkylation sites (N-methyl/N-ethyl adjacent to an activating group) is 1. The van der Waals surface area contributed by atoms with Crippen LogP contribution in [0.1, 0.15) is 26.5 Å². The van der Waals surface area contributed by atoms with Crippen LogP contribution in [-0.4, -0.2) is 27.5 Å². The lowest BCUT2D eigenvalue weighted by molar-refractivity contribution is 0.232. The van der Waals surface area contributed by atoms with Crippen molar-refractivity contribution in [3.63, 3.8) is 0 Å². The molecule has 2 rings (SSSR count). The molecule has 0 unspecified atom stereocenters. The van der Waals surface area contributed by atoms with Gasteiger partial charge in [-0.15, -0.1) is 0 Å². The third-order valence-electron chi connectivity index (χ3n) is 2.29. The number of aromatic nitrogens is 2. The van der Waals surface area contributed by atoms with Gasteiger partial charge in [-0.3, -0.25) is 4.90 Å². The van der Waals surface area contributed by atoms with Crippen LogP contribution in [0.4, 0.5) is 0 Å². The zero-order valence-electron chi connectivity index (χ0n) is 8.82. The van der Waals surface area contributed by atoms with Gasteiger partial charge in [-0.25, -0.2) is 4.98 Å². The van der Waals surface area contributed by atoms with Crippen LogP contribution < -0.4 is 0 Å². The molecule has 13 heavy (non-hydrogen) atoms. The predicted molar refractivity (Wildman–Crippen MR) is 54.5 cm³/mol. The fraction of sp³-hybridized carbons (Fsp3) is 0.700. The summed E-state index contributed by atoms with van der Waals surface area (Å²) in [6.07, 6.45) is 3.88. The predicted octanol–water partition coefficient (Wildman–Crippen LogP) is 1.74. The van der Waals surface area contributed by atoms with Crippen molar-refractivity contribution >= 4 is 0 Å². The van der Waals surface area contributed by atoms with Crippen LogP contribution in [0.3, 0.4) is 0 Å². The second kappa shape index (κ2) is 5.02. The van der Waals surface area contributed by atoms with E-state index in [0.29, 0.717) is 0 Å². The molecule has 0 saturated carbocycles. The third-order valence-corrected chi connectivity index (χ3v) is 2.29. The summed E-state index contributed by atoms with van der Waals surface area (Å²) in [6, 6.07) is 0. The van der Waals surface area contributed by atoms with Crippen molar-refractivity contribution in [3.05, 3.63) is 18.2 Å². The average Bonchev–Trinajstić information content (AvgIpc) is 2.67.